The molecule has 0 N–H and O–H groups in total. The normalized spacial score (nSPS) is 10.4. The van der Waals surface area contributed by atoms with Crippen molar-refractivity contribution in [3.05, 3.63) is 41.9 Å². The number of hydrogen-bond acceptors (Lipinski definition) is 2. The molecule has 0 amide bonds. The van der Waals surface area contributed by atoms with Gasteiger partial charge in [0.1, 0.15) is 12.4 Å². The molecule has 0 saturated carbocycles. The van der Waals surface area contributed by atoms with Crippen LogP contribution in [0.25, 0.3) is 0 Å². The molecule has 3 heteroatoms. The molecular weight excluding hydrogens is 154 g/mol. The Kier molecular flexibility index (Phi) is 3.14. The topological polar surface area (TPSA) is 36.2 Å². The van der Waals surface area contributed by atoms with Crippen LogP contribution in [0.1, 0.15) is 6.92 Å². The van der Waals surface area contributed by atoms with Crippen LogP contribution in [-0.4, -0.2) is 6.61 Å². The molecule has 1 rings (SSSR count). The van der Waals surface area contributed by atoms with Crippen LogP contribution >= 0.6 is 0 Å². The van der Waals surface area contributed by atoms with E-state index in [4.69, 9.17) is 4.74 Å². The van der Waals surface area contributed by atoms with Crippen molar-refractivity contribution in [2.75, 3.05) is 6.61 Å². The van der Waals surface area contributed by atoms with Crippen molar-refractivity contribution in [1.29, 1.82) is 0 Å². The maximum Gasteiger partial charge on any atom is 0.184 e. The zero-order valence-electron chi connectivity index (χ0n) is 6.93. The maximum absolute atomic E-state index is 10.6. The van der Waals surface area contributed by atoms with Gasteiger partial charge in [-0.3, -0.25) is 0 Å². The smallest absolute Gasteiger partial charge is 0.184 e. The van der Waals surface area contributed by atoms with Crippen molar-refractivity contribution >= 4 is 0 Å². The van der Waals surface area contributed by atoms with Gasteiger partial charge >= 0.3 is 0 Å². The molecule has 0 bridgehead atoms. The molecule has 64 valence electrons. The van der Waals surface area contributed by atoms with Crippen LogP contribution in [0.15, 0.2) is 36.7 Å². The number of hydrogen-bond donors (Lipinski definition) is 0. The quantitative estimate of drug-likeness (QED) is 0.384. The van der Waals surface area contributed by atoms with E-state index in [9.17, 15) is 5.21 Å². The predicted molar refractivity (Wildman–Crippen MR) is 45.7 cm³/mol. The van der Waals surface area contributed by atoms with E-state index in [-0.39, 0.29) is 0 Å². The minimum absolute atomic E-state index is 0.541. The van der Waals surface area contributed by atoms with E-state index in [0.717, 1.165) is 4.73 Å². The average molecular weight is 165 g/mol. The molecule has 1 aromatic rings. The Morgan fingerprint density at radius 3 is 2.75 bits per heavy atom. The van der Waals surface area contributed by atoms with E-state index in [2.05, 4.69) is 0 Å². The van der Waals surface area contributed by atoms with Crippen molar-refractivity contribution in [3.63, 3.8) is 0 Å². The highest BCUT2D eigenvalue weighted by Crippen LogP contribution is 2.05. The number of allylic oxidation sites excluding steroid dienone is 1. The highest BCUT2D eigenvalue weighted by molar-refractivity contribution is 5.15. The molecule has 0 aliphatic heterocycles. The summed E-state index contributed by atoms with van der Waals surface area (Å²) in [6, 6.07) is 3.27. The van der Waals surface area contributed by atoms with Gasteiger partial charge in [0.25, 0.3) is 0 Å². The van der Waals surface area contributed by atoms with Gasteiger partial charge in [0.2, 0.25) is 0 Å². The molecule has 0 aliphatic carbocycles. The van der Waals surface area contributed by atoms with Crippen molar-refractivity contribution in [2.45, 2.75) is 6.92 Å². The zero-order chi connectivity index (χ0) is 8.81. The van der Waals surface area contributed by atoms with Crippen molar-refractivity contribution < 1.29 is 9.47 Å². The Bertz CT molecular complexity index is 254. The Balaban J connectivity index is 2.47. The summed E-state index contributed by atoms with van der Waals surface area (Å²) in [7, 11) is 0. The van der Waals surface area contributed by atoms with Crippen LogP contribution in [0.2, 0.25) is 0 Å². The van der Waals surface area contributed by atoms with Gasteiger partial charge in [0, 0.05) is 12.1 Å². The van der Waals surface area contributed by atoms with E-state index in [1.807, 2.05) is 19.1 Å². The number of nitrogens with zero attached hydrogens (tertiary/aromatic N) is 1. The molecule has 0 aromatic carbocycles. The lowest BCUT2D eigenvalue weighted by Gasteiger charge is -2.01. The summed E-state index contributed by atoms with van der Waals surface area (Å²) in [6.07, 6.45) is 6.63. The van der Waals surface area contributed by atoms with Gasteiger partial charge in [-0.05, 0) is 6.92 Å². The summed E-state index contributed by atoms with van der Waals surface area (Å²) in [5, 5.41) is 10.6. The SMILES string of the molecule is CC=CCOc1cc[n+]([O-])cc1. The van der Waals surface area contributed by atoms with E-state index < -0.39 is 0 Å². The number of rotatable bonds is 3. The molecule has 3 nitrogen and oxygen atoms in total. The number of aromatic nitrogens is 1. The average Bonchev–Trinajstić information content (AvgIpc) is 2.09. The lowest BCUT2D eigenvalue weighted by Crippen LogP contribution is -2.23. The highest BCUT2D eigenvalue weighted by Gasteiger charge is 1.92. The molecule has 0 fully saturated rings. The van der Waals surface area contributed by atoms with Gasteiger partial charge in [0.15, 0.2) is 12.4 Å². The fraction of sp³-hybridized carbons (Fsp3) is 0.222. The van der Waals surface area contributed by atoms with Gasteiger partial charge in [-0.1, -0.05) is 12.2 Å². The van der Waals surface area contributed by atoms with Crippen molar-refractivity contribution in [3.8, 4) is 5.75 Å². The number of ether oxygens (including phenoxy) is 1. The van der Waals surface area contributed by atoms with Gasteiger partial charge in [-0.15, -0.1) is 0 Å². The van der Waals surface area contributed by atoms with E-state index >= 15 is 0 Å². The first-order chi connectivity index (χ1) is 5.83. The lowest BCUT2D eigenvalue weighted by molar-refractivity contribution is -0.605. The molecule has 0 radical (unpaired) electrons. The predicted octanol–water partition coefficient (Wildman–Crippen LogP) is 1.27. The summed E-state index contributed by atoms with van der Waals surface area (Å²) >= 11 is 0. The fourth-order valence-electron chi connectivity index (χ4n) is 0.736. The maximum atomic E-state index is 10.6. The highest BCUT2D eigenvalue weighted by atomic mass is 16.5. The molecule has 0 unspecified atom stereocenters. The van der Waals surface area contributed by atoms with Gasteiger partial charge in [-0.2, -0.15) is 4.73 Å². The summed E-state index contributed by atoms with van der Waals surface area (Å²) in [5.41, 5.74) is 0. The molecule has 0 atom stereocenters. The Labute approximate surface area is 71.5 Å². The van der Waals surface area contributed by atoms with Gasteiger partial charge in [0.05, 0.1) is 0 Å². The molecule has 0 saturated heterocycles. The standard InChI is InChI=1S/C9H11NO2/c1-2-3-8-12-9-4-6-10(11)7-5-9/h2-7H,8H2,1H3. The van der Waals surface area contributed by atoms with Crippen LogP contribution in [-0.2, 0) is 0 Å². The second-order valence-electron chi connectivity index (χ2n) is 2.27. The minimum Gasteiger partial charge on any atom is -0.619 e. The van der Waals surface area contributed by atoms with Crippen LogP contribution in [0.4, 0.5) is 0 Å². The van der Waals surface area contributed by atoms with Crippen LogP contribution in [0.3, 0.4) is 0 Å². The summed E-state index contributed by atoms with van der Waals surface area (Å²) in [4.78, 5) is 0. The second-order valence-corrected chi connectivity index (χ2v) is 2.27. The summed E-state index contributed by atoms with van der Waals surface area (Å²) in [6.45, 7) is 2.47. The molecule has 0 aliphatic rings. The summed E-state index contributed by atoms with van der Waals surface area (Å²) < 4.78 is 5.99. The zero-order valence-corrected chi connectivity index (χ0v) is 6.93. The third-order valence-electron chi connectivity index (χ3n) is 1.35. The first kappa shape index (κ1) is 8.59. The Morgan fingerprint density at radius 1 is 1.50 bits per heavy atom. The van der Waals surface area contributed by atoms with Crippen LogP contribution in [0, 0.1) is 5.21 Å². The summed E-state index contributed by atoms with van der Waals surface area (Å²) in [5.74, 6) is 0.709. The van der Waals surface area contributed by atoms with Crippen LogP contribution < -0.4 is 9.47 Å². The first-order valence-electron chi connectivity index (χ1n) is 3.75. The molecule has 1 heterocycles. The Morgan fingerprint density at radius 2 is 2.17 bits per heavy atom. The first-order valence-corrected chi connectivity index (χ1v) is 3.75. The minimum atomic E-state index is 0.541. The number of pyridine rings is 1. The van der Waals surface area contributed by atoms with E-state index in [1.165, 1.54) is 12.4 Å². The van der Waals surface area contributed by atoms with E-state index in [0.29, 0.717) is 12.4 Å². The molecular formula is C9H11NO2. The lowest BCUT2D eigenvalue weighted by atomic mass is 10.4. The van der Waals surface area contributed by atoms with Crippen molar-refractivity contribution in [1.82, 2.24) is 0 Å². The third-order valence-corrected chi connectivity index (χ3v) is 1.35. The fourth-order valence-corrected chi connectivity index (χ4v) is 0.736. The molecule has 0 spiro atoms. The molecule has 12 heavy (non-hydrogen) atoms. The van der Waals surface area contributed by atoms with Gasteiger partial charge < -0.3 is 9.94 Å². The van der Waals surface area contributed by atoms with Crippen LogP contribution in [0.5, 0.6) is 5.75 Å². The largest absolute Gasteiger partial charge is 0.619 e. The molecule has 1 aromatic heterocycles. The van der Waals surface area contributed by atoms with Crippen molar-refractivity contribution in [2.24, 2.45) is 0 Å². The monoisotopic (exact) mass is 165 g/mol. The second kappa shape index (κ2) is 4.38. The van der Waals surface area contributed by atoms with E-state index in [1.54, 1.807) is 12.1 Å². The Hall–Kier alpha value is -1.51. The van der Waals surface area contributed by atoms with Gasteiger partial charge in [-0.25, -0.2) is 0 Å². The third kappa shape index (κ3) is 2.62.